The van der Waals surface area contributed by atoms with Crippen molar-refractivity contribution in [2.75, 3.05) is 26.0 Å². The molecule has 2 aromatic carbocycles. The summed E-state index contributed by atoms with van der Waals surface area (Å²) in [5.74, 6) is 0.419. The highest BCUT2D eigenvalue weighted by molar-refractivity contribution is 6.35. The Bertz CT molecular complexity index is 1010. The van der Waals surface area contributed by atoms with Gasteiger partial charge in [0.25, 0.3) is 5.91 Å². The standard InChI is InChI=1S/C19H20ClN5O2/c1-24(2)11-4-6-12(7-5-11)27-16-9-8-14(20)13-10-15(23-17(13)16)18(26)25(3)19(21)22/h4-10,23H,1-3H3,(H3,21,22). The van der Waals surface area contributed by atoms with Gasteiger partial charge in [-0.3, -0.25) is 15.1 Å². The highest BCUT2D eigenvalue weighted by Crippen LogP contribution is 2.35. The maximum atomic E-state index is 12.4. The van der Waals surface area contributed by atoms with Crippen molar-refractivity contribution in [1.29, 1.82) is 5.41 Å². The lowest BCUT2D eigenvalue weighted by Crippen LogP contribution is -2.38. The molecule has 0 fully saturated rings. The minimum absolute atomic E-state index is 0.267. The predicted molar refractivity (Wildman–Crippen MR) is 108 cm³/mol. The summed E-state index contributed by atoms with van der Waals surface area (Å²) in [4.78, 5) is 18.5. The van der Waals surface area contributed by atoms with Gasteiger partial charge in [0.2, 0.25) is 0 Å². The molecule has 1 amide bonds. The number of halogens is 1. The van der Waals surface area contributed by atoms with Gasteiger partial charge in [0, 0.05) is 32.2 Å². The maximum Gasteiger partial charge on any atom is 0.276 e. The van der Waals surface area contributed by atoms with Crippen molar-refractivity contribution in [3.05, 3.63) is 53.2 Å². The first-order chi connectivity index (χ1) is 12.8. The summed E-state index contributed by atoms with van der Waals surface area (Å²) in [6.45, 7) is 0. The number of aromatic nitrogens is 1. The monoisotopic (exact) mass is 385 g/mol. The Hall–Kier alpha value is -3.19. The van der Waals surface area contributed by atoms with Crippen LogP contribution in [-0.2, 0) is 0 Å². The van der Waals surface area contributed by atoms with Gasteiger partial charge in [0.15, 0.2) is 11.7 Å². The summed E-state index contributed by atoms with van der Waals surface area (Å²) in [6, 6.07) is 12.7. The minimum atomic E-state index is -0.434. The number of hydrogen-bond donors (Lipinski definition) is 3. The minimum Gasteiger partial charge on any atom is -0.455 e. The van der Waals surface area contributed by atoms with Crippen LogP contribution < -0.4 is 15.4 Å². The quantitative estimate of drug-likeness (QED) is 0.471. The van der Waals surface area contributed by atoms with E-state index in [2.05, 4.69) is 4.98 Å². The van der Waals surface area contributed by atoms with Crippen LogP contribution in [0.3, 0.4) is 0 Å². The number of fused-ring (bicyclic) bond motifs is 1. The number of guanidine groups is 1. The van der Waals surface area contributed by atoms with Gasteiger partial charge in [-0.2, -0.15) is 0 Å². The second-order valence-electron chi connectivity index (χ2n) is 6.26. The smallest absolute Gasteiger partial charge is 0.276 e. The number of amides is 1. The number of nitrogens with zero attached hydrogens (tertiary/aromatic N) is 2. The molecule has 0 bridgehead atoms. The van der Waals surface area contributed by atoms with Crippen LogP contribution in [0.15, 0.2) is 42.5 Å². The number of anilines is 1. The molecule has 1 aromatic heterocycles. The molecule has 7 nitrogen and oxygen atoms in total. The number of carbonyl (C=O) groups excluding carboxylic acids is 1. The van der Waals surface area contributed by atoms with E-state index in [-0.39, 0.29) is 11.7 Å². The number of H-pyrrole nitrogens is 1. The molecule has 140 valence electrons. The molecule has 3 rings (SSSR count). The molecular weight excluding hydrogens is 366 g/mol. The van der Waals surface area contributed by atoms with Crippen LogP contribution in [0.4, 0.5) is 5.69 Å². The fraction of sp³-hybridized carbons (Fsp3) is 0.158. The Morgan fingerprint density at radius 1 is 1.15 bits per heavy atom. The Morgan fingerprint density at radius 3 is 2.41 bits per heavy atom. The zero-order valence-corrected chi connectivity index (χ0v) is 16.0. The molecule has 3 aromatic rings. The number of rotatable bonds is 4. The SMILES string of the molecule is CN(C(=N)N)C(=O)c1cc2c(Cl)ccc(Oc3ccc(N(C)C)cc3)c2[nH]1. The van der Waals surface area contributed by atoms with E-state index in [1.54, 1.807) is 18.2 Å². The van der Waals surface area contributed by atoms with E-state index >= 15 is 0 Å². The second kappa shape index (κ2) is 7.20. The third-order valence-corrected chi connectivity index (χ3v) is 4.51. The van der Waals surface area contributed by atoms with Gasteiger partial charge in [-0.05, 0) is 42.5 Å². The van der Waals surface area contributed by atoms with Crippen LogP contribution in [0.25, 0.3) is 10.9 Å². The Morgan fingerprint density at radius 2 is 1.81 bits per heavy atom. The van der Waals surface area contributed by atoms with Crippen LogP contribution in [0.2, 0.25) is 5.02 Å². The van der Waals surface area contributed by atoms with Crippen molar-refractivity contribution < 1.29 is 9.53 Å². The van der Waals surface area contributed by atoms with Crippen molar-refractivity contribution in [3.8, 4) is 11.5 Å². The number of nitrogens with one attached hydrogen (secondary N) is 2. The molecule has 0 unspecified atom stereocenters. The molecule has 1 heterocycles. The lowest BCUT2D eigenvalue weighted by molar-refractivity contribution is 0.0864. The zero-order valence-electron chi connectivity index (χ0n) is 15.2. The van der Waals surface area contributed by atoms with Crippen molar-refractivity contribution >= 4 is 40.1 Å². The molecule has 0 spiro atoms. The van der Waals surface area contributed by atoms with E-state index < -0.39 is 5.91 Å². The van der Waals surface area contributed by atoms with Gasteiger partial charge in [-0.1, -0.05) is 11.6 Å². The van der Waals surface area contributed by atoms with Crippen molar-refractivity contribution in [3.63, 3.8) is 0 Å². The normalized spacial score (nSPS) is 10.7. The third kappa shape index (κ3) is 3.68. The number of nitrogens with two attached hydrogens (primary N) is 1. The molecular formula is C19H20ClN5O2. The van der Waals surface area contributed by atoms with E-state index in [1.807, 2.05) is 43.3 Å². The molecule has 0 aliphatic carbocycles. The largest absolute Gasteiger partial charge is 0.455 e. The first kappa shape index (κ1) is 18.6. The lowest BCUT2D eigenvalue weighted by Gasteiger charge is -2.13. The highest BCUT2D eigenvalue weighted by atomic mass is 35.5. The highest BCUT2D eigenvalue weighted by Gasteiger charge is 2.19. The van der Waals surface area contributed by atoms with Crippen LogP contribution >= 0.6 is 11.6 Å². The Balaban J connectivity index is 1.97. The van der Waals surface area contributed by atoms with Gasteiger partial charge >= 0.3 is 0 Å². The lowest BCUT2D eigenvalue weighted by atomic mass is 10.2. The average molecular weight is 386 g/mol. The van der Waals surface area contributed by atoms with Crippen LogP contribution in [-0.4, -0.2) is 42.9 Å². The van der Waals surface area contributed by atoms with E-state index in [9.17, 15) is 4.79 Å². The first-order valence-electron chi connectivity index (χ1n) is 8.16. The summed E-state index contributed by atoms with van der Waals surface area (Å²) in [5.41, 5.74) is 7.31. The second-order valence-corrected chi connectivity index (χ2v) is 6.66. The van der Waals surface area contributed by atoms with E-state index in [1.165, 1.54) is 7.05 Å². The number of aromatic amines is 1. The van der Waals surface area contributed by atoms with Crippen molar-refractivity contribution in [1.82, 2.24) is 9.88 Å². The van der Waals surface area contributed by atoms with Crippen LogP contribution in [0, 0.1) is 5.41 Å². The number of hydrogen-bond acceptors (Lipinski definition) is 4. The van der Waals surface area contributed by atoms with Gasteiger partial charge < -0.3 is 20.4 Å². The number of ether oxygens (including phenoxy) is 1. The van der Waals surface area contributed by atoms with Crippen molar-refractivity contribution in [2.45, 2.75) is 0 Å². The fourth-order valence-electron chi connectivity index (χ4n) is 2.59. The summed E-state index contributed by atoms with van der Waals surface area (Å²) in [6.07, 6.45) is 0. The van der Waals surface area contributed by atoms with Gasteiger partial charge in [-0.25, -0.2) is 0 Å². The topological polar surface area (TPSA) is 98.4 Å². The fourth-order valence-corrected chi connectivity index (χ4v) is 2.80. The molecule has 0 saturated heterocycles. The molecule has 0 aliphatic rings. The molecule has 0 aliphatic heterocycles. The van der Waals surface area contributed by atoms with Gasteiger partial charge in [-0.15, -0.1) is 0 Å². The van der Waals surface area contributed by atoms with Crippen LogP contribution in [0.1, 0.15) is 10.5 Å². The molecule has 4 N–H and O–H groups in total. The summed E-state index contributed by atoms with van der Waals surface area (Å²) >= 11 is 6.27. The molecule has 0 saturated carbocycles. The van der Waals surface area contributed by atoms with E-state index in [0.29, 0.717) is 27.4 Å². The third-order valence-electron chi connectivity index (χ3n) is 4.18. The first-order valence-corrected chi connectivity index (χ1v) is 8.54. The van der Waals surface area contributed by atoms with Gasteiger partial charge in [0.1, 0.15) is 11.4 Å². The molecule has 8 heteroatoms. The number of benzene rings is 2. The Labute approximate surface area is 161 Å². The summed E-state index contributed by atoms with van der Waals surface area (Å²) in [7, 11) is 5.36. The Kier molecular flexibility index (Phi) is 4.96. The maximum absolute atomic E-state index is 12.4. The molecule has 0 radical (unpaired) electrons. The summed E-state index contributed by atoms with van der Waals surface area (Å²) in [5, 5.41) is 8.55. The molecule has 27 heavy (non-hydrogen) atoms. The number of carbonyl (C=O) groups is 1. The van der Waals surface area contributed by atoms with Crippen LogP contribution in [0.5, 0.6) is 11.5 Å². The zero-order chi connectivity index (χ0) is 19.7. The average Bonchev–Trinajstić information content (AvgIpc) is 3.09. The van der Waals surface area contributed by atoms with E-state index in [0.717, 1.165) is 10.6 Å². The predicted octanol–water partition coefficient (Wildman–Crippen LogP) is 3.65. The van der Waals surface area contributed by atoms with Gasteiger partial charge in [0.05, 0.1) is 10.5 Å². The summed E-state index contributed by atoms with van der Waals surface area (Å²) < 4.78 is 5.98. The van der Waals surface area contributed by atoms with Crippen molar-refractivity contribution in [2.24, 2.45) is 5.73 Å². The molecule has 0 atom stereocenters. The van der Waals surface area contributed by atoms with E-state index in [4.69, 9.17) is 27.5 Å².